The number of furan rings is 1. The first-order valence-electron chi connectivity index (χ1n) is 9.06. The zero-order valence-corrected chi connectivity index (χ0v) is 18.3. The van der Waals surface area contributed by atoms with Gasteiger partial charge in [0.2, 0.25) is 0 Å². The van der Waals surface area contributed by atoms with Gasteiger partial charge in [-0.05, 0) is 56.3 Å². The minimum Gasteiger partial charge on any atom is -0.615 e. The van der Waals surface area contributed by atoms with Gasteiger partial charge in [0.05, 0.1) is 12.5 Å². The predicted molar refractivity (Wildman–Crippen MR) is 109 cm³/mol. The molecular weight excluding hydrogens is 372 g/mol. The highest BCUT2D eigenvalue weighted by atomic mass is 32.3. The van der Waals surface area contributed by atoms with Crippen LogP contribution in [0.2, 0.25) is 0 Å². The Bertz CT molecular complexity index is 472. The minimum atomic E-state index is -1.04. The van der Waals surface area contributed by atoms with Gasteiger partial charge in [-0.1, -0.05) is 19.3 Å². The molecule has 3 atom stereocenters. The molecule has 1 rings (SSSR count). The van der Waals surface area contributed by atoms with E-state index in [1.807, 2.05) is 32.2 Å². The van der Waals surface area contributed by atoms with E-state index in [0.29, 0.717) is 0 Å². The van der Waals surface area contributed by atoms with Crippen molar-refractivity contribution in [3.05, 3.63) is 24.2 Å². The van der Waals surface area contributed by atoms with Crippen molar-refractivity contribution >= 4 is 22.9 Å². The van der Waals surface area contributed by atoms with Gasteiger partial charge >= 0.3 is 0 Å². The molecule has 0 saturated carbocycles. The third-order valence-electron chi connectivity index (χ3n) is 4.69. The molecule has 0 radical (unpaired) electrons. The molecule has 26 heavy (non-hydrogen) atoms. The van der Waals surface area contributed by atoms with Gasteiger partial charge in [0.15, 0.2) is 9.87 Å². The zero-order chi connectivity index (χ0) is 19.6. The van der Waals surface area contributed by atoms with E-state index in [0.717, 1.165) is 44.3 Å². The molecule has 0 aliphatic heterocycles. The SMILES string of the molecule is COC(C)(C)OC(CCCCCCC(CO)(SC)[S+](C)[O-])c1ccco1. The molecule has 152 valence electrons. The van der Waals surface area contributed by atoms with E-state index in [1.54, 1.807) is 19.6 Å². The van der Waals surface area contributed by atoms with Crippen molar-refractivity contribution in [2.24, 2.45) is 0 Å². The average Bonchev–Trinajstić information content (AvgIpc) is 3.14. The molecule has 1 N–H and O–H groups in total. The summed E-state index contributed by atoms with van der Waals surface area (Å²) >= 11 is 0.462. The van der Waals surface area contributed by atoms with Crippen LogP contribution in [0, 0.1) is 0 Å². The van der Waals surface area contributed by atoms with Gasteiger partial charge in [-0.25, -0.2) is 0 Å². The van der Waals surface area contributed by atoms with Crippen LogP contribution >= 0.6 is 11.8 Å². The van der Waals surface area contributed by atoms with E-state index >= 15 is 0 Å². The number of unbranched alkanes of at least 4 members (excludes halogenated alkanes) is 3. The number of aliphatic hydroxyl groups is 1. The number of ether oxygens (including phenoxy) is 2. The van der Waals surface area contributed by atoms with Crippen molar-refractivity contribution < 1.29 is 23.6 Å². The number of hydrogen-bond donors (Lipinski definition) is 1. The first kappa shape index (κ1) is 23.9. The third kappa shape index (κ3) is 7.44. The summed E-state index contributed by atoms with van der Waals surface area (Å²) in [6.45, 7) is 3.74. The van der Waals surface area contributed by atoms with Gasteiger partial charge in [0, 0.05) is 13.5 Å². The molecule has 3 unspecified atom stereocenters. The summed E-state index contributed by atoms with van der Waals surface area (Å²) < 4.78 is 28.4. The highest BCUT2D eigenvalue weighted by Crippen LogP contribution is 2.34. The topological polar surface area (TPSA) is 74.9 Å². The standard InChI is InChI=1S/C19H34O5S2/c1-18(2,22-3)24-17(16-12-10-14-23-16)11-8-6-7-9-13-19(15-20,25-4)26(5)21/h10,12,14,17,20H,6-9,11,13,15H2,1-5H3. The van der Waals surface area contributed by atoms with Crippen LogP contribution in [0.1, 0.15) is 64.2 Å². The highest BCUT2D eigenvalue weighted by Gasteiger charge is 2.37. The average molecular weight is 407 g/mol. The summed E-state index contributed by atoms with van der Waals surface area (Å²) in [7, 11) is 1.63. The Morgan fingerprint density at radius 2 is 2.00 bits per heavy atom. The maximum absolute atomic E-state index is 11.9. The van der Waals surface area contributed by atoms with Gasteiger partial charge in [-0.2, -0.15) is 0 Å². The van der Waals surface area contributed by atoms with Crippen molar-refractivity contribution in [3.8, 4) is 0 Å². The number of rotatable bonds is 14. The molecule has 0 spiro atoms. The summed E-state index contributed by atoms with van der Waals surface area (Å²) in [6, 6.07) is 3.80. The zero-order valence-electron chi connectivity index (χ0n) is 16.7. The van der Waals surface area contributed by atoms with Crippen LogP contribution in [0.5, 0.6) is 0 Å². The molecule has 0 aliphatic rings. The van der Waals surface area contributed by atoms with Gasteiger partial charge in [-0.15, -0.1) is 11.8 Å². The van der Waals surface area contributed by atoms with Crippen LogP contribution in [0.25, 0.3) is 0 Å². The molecule has 1 aromatic heterocycles. The fraction of sp³-hybridized carbons (Fsp3) is 0.789. The van der Waals surface area contributed by atoms with Crippen LogP contribution in [0.3, 0.4) is 0 Å². The summed E-state index contributed by atoms with van der Waals surface area (Å²) in [5, 5.41) is 9.61. The van der Waals surface area contributed by atoms with Gasteiger partial charge < -0.3 is 23.6 Å². The Morgan fingerprint density at radius 1 is 1.31 bits per heavy atom. The van der Waals surface area contributed by atoms with E-state index in [4.69, 9.17) is 13.9 Å². The Labute approximate surface area is 165 Å². The van der Waals surface area contributed by atoms with Crippen molar-refractivity contribution in [3.63, 3.8) is 0 Å². The highest BCUT2D eigenvalue weighted by molar-refractivity contribution is 8.14. The summed E-state index contributed by atoms with van der Waals surface area (Å²) in [5.41, 5.74) is 0. The third-order valence-corrected chi connectivity index (χ3v) is 8.35. The molecule has 0 amide bonds. The Kier molecular flexibility index (Phi) is 10.7. The summed E-state index contributed by atoms with van der Waals surface area (Å²) in [4.78, 5) is 0. The summed E-state index contributed by atoms with van der Waals surface area (Å²) in [6.07, 6.45) is 10.8. The maximum Gasteiger partial charge on any atom is 0.193 e. The molecule has 0 saturated heterocycles. The van der Waals surface area contributed by atoms with Gasteiger partial charge in [0.25, 0.3) is 0 Å². The van der Waals surface area contributed by atoms with E-state index in [2.05, 4.69) is 0 Å². The number of hydrogen-bond acceptors (Lipinski definition) is 6. The lowest BCUT2D eigenvalue weighted by Gasteiger charge is -2.30. The van der Waals surface area contributed by atoms with Gasteiger partial charge in [0.1, 0.15) is 18.5 Å². The van der Waals surface area contributed by atoms with Crippen LogP contribution in [-0.2, 0) is 20.6 Å². The Hall–Kier alpha value is -0.180. The van der Waals surface area contributed by atoms with E-state index in [9.17, 15) is 9.66 Å². The second kappa shape index (κ2) is 11.6. The van der Waals surface area contributed by atoms with Crippen LogP contribution in [0.15, 0.2) is 22.8 Å². The molecule has 0 aromatic carbocycles. The lowest BCUT2D eigenvalue weighted by molar-refractivity contribution is -0.230. The summed E-state index contributed by atoms with van der Waals surface area (Å²) in [5.74, 6) is 0.153. The van der Waals surface area contributed by atoms with Crippen molar-refractivity contribution in [2.75, 3.05) is 26.2 Å². The molecule has 7 heteroatoms. The molecule has 0 aliphatic carbocycles. The molecular formula is C19H34O5S2. The van der Waals surface area contributed by atoms with Crippen LogP contribution < -0.4 is 0 Å². The first-order chi connectivity index (χ1) is 12.3. The van der Waals surface area contributed by atoms with E-state index in [-0.39, 0.29) is 12.7 Å². The van der Waals surface area contributed by atoms with Crippen molar-refractivity contribution in [1.82, 2.24) is 0 Å². The van der Waals surface area contributed by atoms with Gasteiger partial charge in [-0.3, -0.25) is 0 Å². The van der Waals surface area contributed by atoms with Crippen molar-refractivity contribution in [2.45, 2.75) is 68.3 Å². The second-order valence-corrected chi connectivity index (χ2v) is 10.0. The molecule has 1 heterocycles. The van der Waals surface area contributed by atoms with Crippen molar-refractivity contribution in [1.29, 1.82) is 0 Å². The normalized spacial score (nSPS) is 17.0. The monoisotopic (exact) mass is 406 g/mol. The number of aliphatic hydroxyl groups excluding tert-OH is 1. The van der Waals surface area contributed by atoms with E-state index in [1.165, 1.54) is 11.8 Å². The smallest absolute Gasteiger partial charge is 0.193 e. The Balaban J connectivity index is 2.41. The second-order valence-electron chi connectivity index (χ2n) is 6.91. The number of methoxy groups -OCH3 is 1. The fourth-order valence-corrected chi connectivity index (χ4v) is 4.83. The van der Waals surface area contributed by atoms with E-state index < -0.39 is 21.0 Å². The lowest BCUT2D eigenvalue weighted by atomic mass is 10.1. The lowest BCUT2D eigenvalue weighted by Crippen LogP contribution is -2.38. The molecule has 0 bridgehead atoms. The van der Waals surface area contributed by atoms with Crippen LogP contribution in [0.4, 0.5) is 0 Å². The first-order valence-corrected chi connectivity index (χ1v) is 11.8. The largest absolute Gasteiger partial charge is 0.615 e. The minimum absolute atomic E-state index is 0.0439. The Morgan fingerprint density at radius 3 is 2.50 bits per heavy atom. The van der Waals surface area contributed by atoms with Crippen LogP contribution in [-0.4, -0.2) is 45.8 Å². The molecule has 0 fully saturated rings. The molecule has 5 nitrogen and oxygen atoms in total. The predicted octanol–water partition coefficient (Wildman–Crippen LogP) is 4.49. The number of thioether (sulfide) groups is 1. The quantitative estimate of drug-likeness (QED) is 0.279. The molecule has 1 aromatic rings. The maximum atomic E-state index is 11.9. The fourth-order valence-electron chi connectivity index (χ4n) is 2.80.